The number of methoxy groups -OCH3 is 1. The monoisotopic (exact) mass is 518 g/mol. The van der Waals surface area contributed by atoms with Crippen LogP contribution in [-0.2, 0) is 24.4 Å². The summed E-state index contributed by atoms with van der Waals surface area (Å²) < 4.78 is 12.6. The number of hydrogen-bond donors (Lipinski definition) is 2. The third-order valence-electron chi connectivity index (χ3n) is 7.37. The molecule has 1 atom stereocenters. The van der Waals surface area contributed by atoms with Crippen molar-refractivity contribution in [3.8, 4) is 5.75 Å². The van der Waals surface area contributed by atoms with E-state index in [9.17, 15) is 4.79 Å². The highest BCUT2D eigenvalue weighted by molar-refractivity contribution is 5.80. The molecule has 0 aliphatic carbocycles. The van der Waals surface area contributed by atoms with E-state index in [1.165, 1.54) is 16.0 Å². The van der Waals surface area contributed by atoms with Crippen LogP contribution in [0.5, 0.6) is 5.75 Å². The zero-order chi connectivity index (χ0) is 26.5. The fraction of sp³-hybridized carbons (Fsp3) is 0.429. The normalized spacial score (nSPS) is 15.1. The zero-order valence-electron chi connectivity index (χ0n) is 22.4. The summed E-state index contributed by atoms with van der Waals surface area (Å²) in [6.07, 6.45) is 0. The van der Waals surface area contributed by atoms with Crippen molar-refractivity contribution >= 4 is 10.9 Å². The number of rotatable bonds is 10. The number of H-pyrrole nitrogens is 1. The standard InChI is InChI=1S/C28H35N7O3/c1-20-14-23-16-24(28(36)29-26(23)15-21(20)2)18-34(9-8-33-10-12-38-13-11-33)19-27-30-31-32-35(27)17-22-4-6-25(37-3)7-5-22/h4-7,14-16H,8-13,17-19H2,1-3H3,(H,29,36)/p+1. The number of hydrogen-bond acceptors (Lipinski definition) is 7. The van der Waals surface area contributed by atoms with Gasteiger partial charge in [-0.3, -0.25) is 9.69 Å². The molecule has 38 heavy (non-hydrogen) atoms. The van der Waals surface area contributed by atoms with Gasteiger partial charge >= 0.3 is 0 Å². The number of ether oxygens (including phenoxy) is 2. The SMILES string of the molecule is COc1ccc(Cn2nnnc2C[NH+](CCN2CCOCC2)Cc2cc3cc(C)c(C)cc3[nH]c2=O)cc1. The maximum Gasteiger partial charge on any atom is 0.257 e. The van der Waals surface area contributed by atoms with Gasteiger partial charge < -0.3 is 19.4 Å². The van der Waals surface area contributed by atoms with Crippen LogP contribution >= 0.6 is 0 Å². The number of pyridine rings is 1. The van der Waals surface area contributed by atoms with Gasteiger partial charge in [0.1, 0.15) is 18.8 Å². The Hall–Kier alpha value is -3.60. The topological polar surface area (TPSA) is 103 Å². The Morgan fingerprint density at radius 2 is 1.82 bits per heavy atom. The van der Waals surface area contributed by atoms with Crippen molar-refractivity contribution in [3.63, 3.8) is 0 Å². The van der Waals surface area contributed by atoms with Crippen LogP contribution in [0, 0.1) is 13.8 Å². The van der Waals surface area contributed by atoms with Gasteiger partial charge in [-0.15, -0.1) is 5.10 Å². The summed E-state index contributed by atoms with van der Waals surface area (Å²) in [5, 5.41) is 13.6. The number of aryl methyl sites for hydroxylation is 2. The van der Waals surface area contributed by atoms with Crippen molar-refractivity contribution in [2.75, 3.05) is 46.5 Å². The maximum absolute atomic E-state index is 13.1. The van der Waals surface area contributed by atoms with Gasteiger partial charge in [0.05, 0.1) is 39.0 Å². The second-order valence-electron chi connectivity index (χ2n) is 10.1. The highest BCUT2D eigenvalue weighted by atomic mass is 16.5. The molecule has 1 aliphatic heterocycles. The Balaban J connectivity index is 1.37. The van der Waals surface area contributed by atoms with Crippen molar-refractivity contribution in [1.29, 1.82) is 0 Å². The van der Waals surface area contributed by atoms with Crippen molar-refractivity contribution in [3.05, 3.63) is 80.9 Å². The third kappa shape index (κ3) is 6.27. The summed E-state index contributed by atoms with van der Waals surface area (Å²) in [6.45, 7) is 11.1. The molecule has 0 spiro atoms. The third-order valence-corrected chi connectivity index (χ3v) is 7.37. The Morgan fingerprint density at radius 1 is 1.05 bits per heavy atom. The molecule has 1 unspecified atom stereocenters. The van der Waals surface area contributed by atoms with Gasteiger partial charge in [0, 0.05) is 25.2 Å². The lowest BCUT2D eigenvalue weighted by Gasteiger charge is -2.28. The maximum atomic E-state index is 13.1. The number of aromatic amines is 1. The Labute approximate surface area is 222 Å². The van der Waals surface area contributed by atoms with Crippen molar-refractivity contribution in [1.82, 2.24) is 30.1 Å². The van der Waals surface area contributed by atoms with Crippen LogP contribution < -0.4 is 15.2 Å². The smallest absolute Gasteiger partial charge is 0.257 e. The number of nitrogens with zero attached hydrogens (tertiary/aromatic N) is 5. The number of aromatic nitrogens is 5. The molecule has 1 fully saturated rings. The molecule has 0 radical (unpaired) electrons. The van der Waals surface area contributed by atoms with Crippen molar-refractivity contribution < 1.29 is 14.4 Å². The largest absolute Gasteiger partial charge is 0.497 e. The van der Waals surface area contributed by atoms with E-state index in [1.807, 2.05) is 41.1 Å². The molecule has 0 bridgehead atoms. The highest BCUT2D eigenvalue weighted by Gasteiger charge is 2.20. The molecule has 0 saturated carbocycles. The average Bonchev–Trinajstić information content (AvgIpc) is 3.36. The lowest BCUT2D eigenvalue weighted by Crippen LogP contribution is -3.10. The Morgan fingerprint density at radius 3 is 2.58 bits per heavy atom. The van der Waals surface area contributed by atoms with E-state index in [2.05, 4.69) is 45.3 Å². The first-order valence-electron chi connectivity index (χ1n) is 13.1. The van der Waals surface area contributed by atoms with E-state index >= 15 is 0 Å². The van der Waals surface area contributed by atoms with E-state index in [1.54, 1.807) is 7.11 Å². The Kier molecular flexibility index (Phi) is 8.11. The van der Waals surface area contributed by atoms with Gasteiger partial charge in [-0.2, -0.15) is 0 Å². The van der Waals surface area contributed by atoms with Gasteiger partial charge in [0.2, 0.25) is 5.82 Å². The number of quaternary nitrogens is 1. The molecule has 3 heterocycles. The molecule has 1 saturated heterocycles. The molecule has 1 aliphatic rings. The van der Waals surface area contributed by atoms with Gasteiger partial charge in [-0.1, -0.05) is 12.1 Å². The minimum absolute atomic E-state index is 0.0394. The molecule has 5 rings (SSSR count). The highest BCUT2D eigenvalue weighted by Crippen LogP contribution is 2.17. The number of morpholine rings is 1. The van der Waals surface area contributed by atoms with E-state index in [4.69, 9.17) is 9.47 Å². The van der Waals surface area contributed by atoms with Crippen LogP contribution in [0.1, 0.15) is 28.1 Å². The summed E-state index contributed by atoms with van der Waals surface area (Å²) in [6, 6.07) is 14.1. The zero-order valence-corrected chi connectivity index (χ0v) is 22.4. The number of benzene rings is 2. The van der Waals surface area contributed by atoms with Gasteiger partial charge in [-0.25, -0.2) is 4.68 Å². The molecule has 2 N–H and O–H groups in total. The minimum atomic E-state index is -0.0394. The predicted octanol–water partition coefficient (Wildman–Crippen LogP) is 1.11. The van der Waals surface area contributed by atoms with Crippen LogP contribution in [0.25, 0.3) is 10.9 Å². The molecule has 200 valence electrons. The molecular formula is C28H36N7O3+. The van der Waals surface area contributed by atoms with Crippen LogP contribution in [0.15, 0.2) is 47.3 Å². The second kappa shape index (κ2) is 11.8. The molecule has 0 amide bonds. The molecular weight excluding hydrogens is 482 g/mol. The number of fused-ring (bicyclic) bond motifs is 1. The van der Waals surface area contributed by atoms with Crippen molar-refractivity contribution in [2.45, 2.75) is 33.5 Å². The summed E-state index contributed by atoms with van der Waals surface area (Å²) in [5.74, 6) is 1.61. The lowest BCUT2D eigenvalue weighted by molar-refractivity contribution is -0.927. The van der Waals surface area contributed by atoms with Crippen LogP contribution in [-0.4, -0.2) is 76.6 Å². The van der Waals surface area contributed by atoms with Crippen molar-refractivity contribution in [2.24, 2.45) is 0 Å². The quantitative estimate of drug-likeness (QED) is 0.324. The van der Waals surface area contributed by atoms with E-state index < -0.39 is 0 Å². The summed E-state index contributed by atoms with van der Waals surface area (Å²) in [7, 11) is 1.66. The molecule has 10 heteroatoms. The lowest BCUT2D eigenvalue weighted by atomic mass is 10.0. The summed E-state index contributed by atoms with van der Waals surface area (Å²) in [5.41, 5.74) is 5.08. The minimum Gasteiger partial charge on any atom is -0.497 e. The molecule has 10 nitrogen and oxygen atoms in total. The molecule has 2 aromatic carbocycles. The first-order chi connectivity index (χ1) is 18.5. The fourth-order valence-electron chi connectivity index (χ4n) is 4.90. The van der Waals surface area contributed by atoms with Gasteiger partial charge in [0.25, 0.3) is 5.56 Å². The van der Waals surface area contributed by atoms with E-state index in [0.717, 1.165) is 73.0 Å². The number of nitrogens with one attached hydrogen (secondary N) is 2. The Bertz CT molecular complexity index is 1420. The number of tetrazole rings is 1. The molecule has 2 aromatic heterocycles. The summed E-state index contributed by atoms with van der Waals surface area (Å²) in [4.78, 5) is 19.8. The van der Waals surface area contributed by atoms with E-state index in [0.29, 0.717) is 19.6 Å². The van der Waals surface area contributed by atoms with Crippen LogP contribution in [0.2, 0.25) is 0 Å². The fourth-order valence-corrected chi connectivity index (χ4v) is 4.90. The second-order valence-corrected chi connectivity index (χ2v) is 10.1. The predicted molar refractivity (Wildman–Crippen MR) is 144 cm³/mol. The summed E-state index contributed by atoms with van der Waals surface area (Å²) >= 11 is 0. The van der Waals surface area contributed by atoms with Crippen LogP contribution in [0.3, 0.4) is 0 Å². The molecule has 4 aromatic rings. The van der Waals surface area contributed by atoms with Crippen LogP contribution in [0.4, 0.5) is 0 Å². The average molecular weight is 519 g/mol. The van der Waals surface area contributed by atoms with Gasteiger partial charge in [-0.05, 0) is 76.7 Å². The first-order valence-corrected chi connectivity index (χ1v) is 13.1. The van der Waals surface area contributed by atoms with Gasteiger partial charge in [0.15, 0.2) is 0 Å². The van der Waals surface area contributed by atoms with E-state index in [-0.39, 0.29) is 5.56 Å². The first kappa shape index (κ1) is 26.0.